The normalized spacial score (nSPS) is 15.5. The number of carboxylic acid groups (broad SMARTS) is 2. The summed E-state index contributed by atoms with van der Waals surface area (Å²) in [6, 6.07) is 14.8. The zero-order valence-electron chi connectivity index (χ0n) is 21.7. The first-order chi connectivity index (χ1) is 19.3. The molecule has 41 heavy (non-hydrogen) atoms. The third-order valence-electron chi connectivity index (χ3n) is 6.15. The van der Waals surface area contributed by atoms with Crippen LogP contribution in [0.2, 0.25) is 0 Å². The Morgan fingerprint density at radius 1 is 1.07 bits per heavy atom. The number of para-hydroxylation sites is 1. The van der Waals surface area contributed by atoms with E-state index in [1.807, 2.05) is 36.4 Å². The van der Waals surface area contributed by atoms with Gasteiger partial charge in [-0.2, -0.15) is 13.2 Å². The summed E-state index contributed by atoms with van der Waals surface area (Å²) in [7, 11) is 1.65. The molecule has 2 amide bonds. The molecule has 0 aliphatic carbocycles. The van der Waals surface area contributed by atoms with E-state index in [1.165, 1.54) is 11.0 Å². The molecule has 1 heterocycles. The molecule has 3 aromatic carbocycles. The third kappa shape index (κ3) is 7.32. The molecule has 0 radical (unpaired) electrons. The second-order valence-corrected chi connectivity index (χ2v) is 9.68. The molecule has 3 aromatic rings. The van der Waals surface area contributed by atoms with Crippen molar-refractivity contribution in [1.82, 2.24) is 10.6 Å². The number of benzene rings is 3. The van der Waals surface area contributed by atoms with Gasteiger partial charge in [-0.1, -0.05) is 52.3 Å². The Morgan fingerprint density at radius 2 is 1.71 bits per heavy atom. The van der Waals surface area contributed by atoms with Crippen molar-refractivity contribution in [2.24, 2.45) is 0 Å². The van der Waals surface area contributed by atoms with E-state index in [-0.39, 0.29) is 36.3 Å². The van der Waals surface area contributed by atoms with Crippen LogP contribution in [0, 0.1) is 0 Å². The van der Waals surface area contributed by atoms with Gasteiger partial charge in [-0.3, -0.25) is 9.59 Å². The van der Waals surface area contributed by atoms with Crippen molar-refractivity contribution < 1.29 is 47.3 Å². The van der Waals surface area contributed by atoms with Gasteiger partial charge < -0.3 is 30.5 Å². The van der Waals surface area contributed by atoms with Crippen LogP contribution in [0.4, 0.5) is 18.9 Å². The van der Waals surface area contributed by atoms with Gasteiger partial charge in [-0.25, -0.2) is 9.59 Å². The topological polar surface area (TPSA) is 145 Å². The van der Waals surface area contributed by atoms with Crippen LogP contribution in [0.5, 0.6) is 5.75 Å². The minimum atomic E-state index is -5.08. The second kappa shape index (κ2) is 13.0. The molecule has 1 aliphatic rings. The summed E-state index contributed by atoms with van der Waals surface area (Å²) >= 11 is 3.57. The number of nitrogens with zero attached hydrogens (tertiary/aromatic N) is 1. The van der Waals surface area contributed by atoms with Crippen molar-refractivity contribution in [2.45, 2.75) is 31.7 Å². The molecule has 0 bridgehead atoms. The highest BCUT2D eigenvalue weighted by Crippen LogP contribution is 2.37. The molecule has 0 saturated carbocycles. The number of carboxylic acids is 2. The molecule has 0 fully saturated rings. The van der Waals surface area contributed by atoms with E-state index >= 15 is 0 Å². The number of carbonyl (C=O) groups excluding carboxylic acids is 2. The number of nitrogens with one attached hydrogen (secondary N) is 2. The maximum Gasteiger partial charge on any atom is 0.490 e. The van der Waals surface area contributed by atoms with Gasteiger partial charge in [0.1, 0.15) is 18.2 Å². The van der Waals surface area contributed by atoms with E-state index in [2.05, 4.69) is 26.6 Å². The van der Waals surface area contributed by atoms with Gasteiger partial charge in [0.2, 0.25) is 5.91 Å². The van der Waals surface area contributed by atoms with E-state index in [0.29, 0.717) is 5.69 Å². The van der Waals surface area contributed by atoms with Crippen molar-refractivity contribution in [3.63, 3.8) is 0 Å². The van der Waals surface area contributed by atoms with Crippen LogP contribution in [0.1, 0.15) is 22.8 Å². The van der Waals surface area contributed by atoms with Crippen molar-refractivity contribution in [2.75, 3.05) is 18.6 Å². The Hall–Kier alpha value is -4.17. The van der Waals surface area contributed by atoms with Crippen LogP contribution in [-0.2, 0) is 20.9 Å². The highest BCUT2D eigenvalue weighted by atomic mass is 79.9. The number of alkyl halides is 3. The largest absolute Gasteiger partial charge is 0.490 e. The lowest BCUT2D eigenvalue weighted by Gasteiger charge is -2.26. The van der Waals surface area contributed by atoms with Crippen LogP contribution in [0.3, 0.4) is 0 Å². The Kier molecular flexibility index (Phi) is 9.94. The number of halogens is 4. The number of fused-ring (bicyclic) bond motifs is 2. The maximum absolute atomic E-state index is 13.7. The summed E-state index contributed by atoms with van der Waals surface area (Å²) in [5.74, 6) is -4.56. The van der Waals surface area contributed by atoms with E-state index in [0.717, 1.165) is 20.8 Å². The van der Waals surface area contributed by atoms with Gasteiger partial charge in [0, 0.05) is 4.47 Å². The highest BCUT2D eigenvalue weighted by molar-refractivity contribution is 9.10. The molecule has 2 atom stereocenters. The minimum Gasteiger partial charge on any atom is -0.488 e. The zero-order chi connectivity index (χ0) is 30.5. The number of hydrogen-bond acceptors (Lipinski definition) is 6. The van der Waals surface area contributed by atoms with Crippen LogP contribution in [-0.4, -0.2) is 65.9 Å². The Morgan fingerprint density at radius 3 is 2.29 bits per heavy atom. The second-order valence-electron chi connectivity index (χ2n) is 8.82. The number of aliphatic carboxylic acids is 1. The summed E-state index contributed by atoms with van der Waals surface area (Å²) in [6.45, 7) is 1.66. The number of hydrogen-bond donors (Lipinski definition) is 4. The lowest BCUT2D eigenvalue weighted by atomic mass is 10.0. The zero-order valence-corrected chi connectivity index (χ0v) is 23.2. The predicted molar refractivity (Wildman–Crippen MR) is 146 cm³/mol. The Bertz CT molecular complexity index is 1480. The lowest BCUT2D eigenvalue weighted by molar-refractivity contribution is -0.192. The van der Waals surface area contributed by atoms with E-state index in [1.54, 1.807) is 26.1 Å². The Balaban J connectivity index is 0.000000587. The first kappa shape index (κ1) is 31.4. The summed E-state index contributed by atoms with van der Waals surface area (Å²) in [5.41, 5.74) is 1.16. The molecule has 218 valence electrons. The van der Waals surface area contributed by atoms with Gasteiger partial charge >= 0.3 is 18.1 Å². The van der Waals surface area contributed by atoms with Crippen molar-refractivity contribution in [3.8, 4) is 5.75 Å². The van der Waals surface area contributed by atoms with Crippen molar-refractivity contribution in [1.29, 1.82) is 0 Å². The first-order valence-electron chi connectivity index (χ1n) is 12.0. The number of ether oxygens (including phenoxy) is 1. The van der Waals surface area contributed by atoms with Crippen LogP contribution in [0.15, 0.2) is 59.1 Å². The lowest BCUT2D eigenvalue weighted by Crippen LogP contribution is -2.53. The molecular formula is C27H25BrF3N3O7. The quantitative estimate of drug-likeness (QED) is 0.317. The standard InChI is InChI=1S/C25H24BrN3O5.C2HF3O2/c1-14(27-2)23(30)28-20-13-34-22-18(25(32)33)8-5-9-21(22)29(24(20)31)12-15-10-11-19(26)17-7-4-3-6-16(15)17;3-2(4,5)1(6)7/h3-11,14,20,27H,12-13H2,1-2H3,(H,28,30)(H,32,33);(H,6,7)/t14-,20-;/m0./s1. The molecule has 4 N–H and O–H groups in total. The highest BCUT2D eigenvalue weighted by Gasteiger charge is 2.38. The number of carbonyl (C=O) groups is 4. The molecule has 1 aliphatic heterocycles. The molecule has 0 unspecified atom stereocenters. The molecule has 10 nitrogen and oxygen atoms in total. The molecule has 0 aromatic heterocycles. The number of aromatic carboxylic acids is 1. The summed E-state index contributed by atoms with van der Waals surface area (Å²) in [5, 5.41) is 24.3. The van der Waals surface area contributed by atoms with Crippen molar-refractivity contribution in [3.05, 3.63) is 70.2 Å². The molecular weight excluding hydrogens is 615 g/mol. The molecule has 0 saturated heterocycles. The first-order valence-corrected chi connectivity index (χ1v) is 12.8. The summed E-state index contributed by atoms with van der Waals surface area (Å²) in [4.78, 5) is 48.5. The summed E-state index contributed by atoms with van der Waals surface area (Å²) in [6.07, 6.45) is -5.08. The minimum absolute atomic E-state index is 0.0495. The monoisotopic (exact) mass is 639 g/mol. The fourth-order valence-corrected chi connectivity index (χ4v) is 4.41. The van der Waals surface area contributed by atoms with Crippen LogP contribution in [0.25, 0.3) is 10.8 Å². The number of rotatable bonds is 6. The Labute approximate surface area is 240 Å². The third-order valence-corrected chi connectivity index (χ3v) is 6.84. The molecule has 4 rings (SSSR count). The molecule has 14 heteroatoms. The van der Waals surface area contributed by atoms with Crippen LogP contribution < -0.4 is 20.3 Å². The van der Waals surface area contributed by atoms with E-state index in [9.17, 15) is 32.7 Å². The van der Waals surface area contributed by atoms with Gasteiger partial charge in [-0.15, -0.1) is 0 Å². The van der Waals surface area contributed by atoms with Gasteiger partial charge in [0.15, 0.2) is 5.75 Å². The predicted octanol–water partition coefficient (Wildman–Crippen LogP) is 3.95. The average Bonchev–Trinajstić information content (AvgIpc) is 3.06. The van der Waals surface area contributed by atoms with Gasteiger partial charge in [-0.05, 0) is 48.5 Å². The summed E-state index contributed by atoms with van der Waals surface area (Å²) < 4.78 is 38.5. The number of likely N-dealkylation sites (N-methyl/N-ethyl adjacent to an activating group) is 1. The fourth-order valence-electron chi connectivity index (χ4n) is 3.93. The number of amides is 2. The van der Waals surface area contributed by atoms with Gasteiger partial charge in [0.25, 0.3) is 5.91 Å². The van der Waals surface area contributed by atoms with Gasteiger partial charge in [0.05, 0.1) is 18.3 Å². The number of anilines is 1. The molecule has 0 spiro atoms. The fraction of sp³-hybridized carbons (Fsp3) is 0.259. The van der Waals surface area contributed by atoms with E-state index < -0.39 is 30.2 Å². The van der Waals surface area contributed by atoms with Crippen LogP contribution >= 0.6 is 15.9 Å². The smallest absolute Gasteiger partial charge is 0.488 e. The average molecular weight is 640 g/mol. The maximum atomic E-state index is 13.7. The van der Waals surface area contributed by atoms with Crippen molar-refractivity contribution >= 4 is 56.1 Å². The SMILES string of the molecule is CN[C@@H](C)C(=O)N[C@H]1COc2c(C(=O)O)cccc2N(Cc2ccc(Br)c3ccccc23)C1=O.O=C(O)C(F)(F)F. The van der Waals surface area contributed by atoms with E-state index in [4.69, 9.17) is 14.6 Å².